The van der Waals surface area contributed by atoms with E-state index in [0.29, 0.717) is 19.3 Å². The Hall–Kier alpha value is -4.19. The van der Waals surface area contributed by atoms with E-state index < -0.39 is 6.10 Å². The molecule has 0 aliphatic rings. The number of ether oxygens (including phenoxy) is 3. The van der Waals surface area contributed by atoms with Gasteiger partial charge in [-0.25, -0.2) is 0 Å². The molecular weight excluding hydrogens is 973 g/mol. The molecule has 0 heterocycles. The summed E-state index contributed by atoms with van der Waals surface area (Å²) in [6, 6.07) is 0. The first-order chi connectivity index (χ1) is 39.0. The third-order valence-electron chi connectivity index (χ3n) is 14.0. The smallest absolute Gasteiger partial charge is 0.306 e. The lowest BCUT2D eigenvalue weighted by Crippen LogP contribution is -2.30. The van der Waals surface area contributed by atoms with Crippen molar-refractivity contribution in [2.45, 2.75) is 309 Å². The van der Waals surface area contributed by atoms with Gasteiger partial charge in [0, 0.05) is 19.3 Å². The van der Waals surface area contributed by atoms with Gasteiger partial charge in [-0.05, 0) is 103 Å². The van der Waals surface area contributed by atoms with Crippen molar-refractivity contribution in [3.63, 3.8) is 0 Å². The highest BCUT2D eigenvalue weighted by Gasteiger charge is 2.19. The van der Waals surface area contributed by atoms with Gasteiger partial charge in [0.25, 0.3) is 0 Å². The van der Waals surface area contributed by atoms with Gasteiger partial charge in [0.05, 0.1) is 0 Å². The van der Waals surface area contributed by atoms with Crippen molar-refractivity contribution in [2.24, 2.45) is 0 Å². The molecule has 0 saturated carbocycles. The van der Waals surface area contributed by atoms with E-state index in [-0.39, 0.29) is 37.5 Å². The van der Waals surface area contributed by atoms with Crippen LogP contribution in [0.4, 0.5) is 0 Å². The van der Waals surface area contributed by atoms with Gasteiger partial charge in [-0.2, -0.15) is 0 Å². The summed E-state index contributed by atoms with van der Waals surface area (Å²) in [5.41, 5.74) is 0. The van der Waals surface area contributed by atoms with Crippen molar-refractivity contribution < 1.29 is 28.6 Å². The number of carbonyl (C=O) groups excluding carboxylic acids is 3. The van der Waals surface area contributed by atoms with E-state index in [4.69, 9.17) is 14.2 Å². The number of hydrogen-bond donors (Lipinski definition) is 0. The predicted octanol–water partition coefficient (Wildman–Crippen LogP) is 22.8. The summed E-state index contributed by atoms with van der Waals surface area (Å²) in [7, 11) is 0. The fourth-order valence-corrected chi connectivity index (χ4v) is 9.10. The van der Waals surface area contributed by atoms with E-state index in [1.807, 2.05) is 0 Å². The van der Waals surface area contributed by atoms with Crippen molar-refractivity contribution in [1.82, 2.24) is 0 Å². The summed E-state index contributed by atoms with van der Waals surface area (Å²) < 4.78 is 16.9. The molecular formula is C73H122O6. The lowest BCUT2D eigenvalue weighted by molar-refractivity contribution is -0.167. The average Bonchev–Trinajstić information content (AvgIpc) is 3.45. The standard InChI is InChI=1S/C73H122O6/c1-4-7-10-13-16-19-22-25-28-31-33-35-36-38-39-42-45-48-51-54-57-60-63-66-72(75)78-69-70(68-77-71(74)65-62-59-56-53-50-47-44-41-30-27-24-21-18-15-12-9-6-3)79-73(76)67-64-61-58-55-52-49-46-43-40-37-34-32-29-26-23-20-17-14-11-8-5-2/h7,9-10,12,16,18-19,21,25,27-28,30,33,35,38-39,44,47,53,56,70H,4-6,8,11,13-15,17,20,22-24,26,29,31-32,34,36-37,40-43,45-46,48-52,54-55,57-69H2,1-3H3/b10-7-,12-9-,19-16-,21-18-,28-25-,30-27-,35-33-,39-38-,47-44-,56-53-. The maximum atomic E-state index is 12.9. The van der Waals surface area contributed by atoms with E-state index in [1.165, 1.54) is 141 Å². The third kappa shape index (κ3) is 64.5. The van der Waals surface area contributed by atoms with Crippen LogP contribution >= 0.6 is 0 Å². The molecule has 0 saturated heterocycles. The summed E-state index contributed by atoms with van der Waals surface area (Å²) in [4.78, 5) is 38.4. The lowest BCUT2D eigenvalue weighted by atomic mass is 10.0. The second-order valence-electron chi connectivity index (χ2n) is 21.6. The van der Waals surface area contributed by atoms with Crippen LogP contribution < -0.4 is 0 Å². The molecule has 0 rings (SSSR count). The van der Waals surface area contributed by atoms with Crippen LogP contribution in [0.2, 0.25) is 0 Å². The zero-order valence-corrected chi connectivity index (χ0v) is 51.6. The fraction of sp³-hybridized carbons (Fsp3) is 0.685. The summed E-state index contributed by atoms with van der Waals surface area (Å²) in [6.45, 7) is 6.39. The van der Waals surface area contributed by atoms with Gasteiger partial charge in [0.15, 0.2) is 6.10 Å². The molecule has 79 heavy (non-hydrogen) atoms. The normalized spacial score (nSPS) is 12.9. The zero-order chi connectivity index (χ0) is 57.1. The van der Waals surface area contributed by atoms with E-state index >= 15 is 0 Å². The van der Waals surface area contributed by atoms with Crippen molar-refractivity contribution in [3.8, 4) is 0 Å². The van der Waals surface area contributed by atoms with E-state index in [0.717, 1.165) is 116 Å². The van der Waals surface area contributed by atoms with Gasteiger partial charge in [-0.3, -0.25) is 14.4 Å². The van der Waals surface area contributed by atoms with E-state index in [1.54, 1.807) is 0 Å². The molecule has 6 heteroatoms. The molecule has 0 aliphatic heterocycles. The molecule has 0 radical (unpaired) electrons. The molecule has 1 unspecified atom stereocenters. The van der Waals surface area contributed by atoms with Gasteiger partial charge in [-0.1, -0.05) is 303 Å². The summed E-state index contributed by atoms with van der Waals surface area (Å²) in [5, 5.41) is 0. The van der Waals surface area contributed by atoms with Gasteiger partial charge >= 0.3 is 17.9 Å². The first kappa shape index (κ1) is 74.8. The molecule has 6 nitrogen and oxygen atoms in total. The molecule has 0 amide bonds. The quantitative estimate of drug-likeness (QED) is 0.0261. The Kier molecular flexibility index (Phi) is 62.8. The number of esters is 3. The number of hydrogen-bond acceptors (Lipinski definition) is 6. The molecule has 0 spiro atoms. The molecule has 0 aliphatic carbocycles. The topological polar surface area (TPSA) is 78.9 Å². The number of rotatable bonds is 59. The summed E-state index contributed by atoms with van der Waals surface area (Å²) in [5.74, 6) is -0.963. The number of allylic oxidation sites excluding steroid dienone is 20. The van der Waals surface area contributed by atoms with Crippen LogP contribution in [0, 0.1) is 0 Å². The summed E-state index contributed by atoms with van der Waals surface area (Å²) in [6.07, 6.45) is 92.1. The van der Waals surface area contributed by atoms with Gasteiger partial charge < -0.3 is 14.2 Å². The molecule has 0 bridgehead atoms. The molecule has 0 fully saturated rings. The monoisotopic (exact) mass is 1090 g/mol. The van der Waals surface area contributed by atoms with Crippen LogP contribution in [0.1, 0.15) is 303 Å². The van der Waals surface area contributed by atoms with Crippen LogP contribution in [0.3, 0.4) is 0 Å². The van der Waals surface area contributed by atoms with Crippen LogP contribution in [0.5, 0.6) is 0 Å². The van der Waals surface area contributed by atoms with Crippen molar-refractivity contribution in [2.75, 3.05) is 13.2 Å². The Labute approximate surface area is 488 Å². The molecule has 0 aromatic rings. The highest BCUT2D eigenvalue weighted by atomic mass is 16.6. The Morgan fingerprint density at radius 3 is 0.823 bits per heavy atom. The van der Waals surface area contributed by atoms with Crippen LogP contribution in [-0.2, 0) is 28.6 Å². The van der Waals surface area contributed by atoms with Crippen LogP contribution in [-0.4, -0.2) is 37.2 Å². The molecule has 0 aromatic heterocycles. The lowest BCUT2D eigenvalue weighted by Gasteiger charge is -2.18. The Morgan fingerprint density at radius 1 is 0.266 bits per heavy atom. The maximum absolute atomic E-state index is 12.9. The van der Waals surface area contributed by atoms with Gasteiger partial charge in [0.1, 0.15) is 13.2 Å². The second-order valence-corrected chi connectivity index (χ2v) is 21.6. The van der Waals surface area contributed by atoms with Crippen molar-refractivity contribution in [1.29, 1.82) is 0 Å². The minimum Gasteiger partial charge on any atom is -0.462 e. The minimum atomic E-state index is -0.809. The first-order valence-corrected chi connectivity index (χ1v) is 33.0. The highest BCUT2D eigenvalue weighted by molar-refractivity contribution is 5.71. The average molecular weight is 1100 g/mol. The Balaban J connectivity index is 4.45. The highest BCUT2D eigenvalue weighted by Crippen LogP contribution is 2.17. The maximum Gasteiger partial charge on any atom is 0.306 e. The number of carbonyl (C=O) groups is 3. The van der Waals surface area contributed by atoms with Crippen LogP contribution in [0.25, 0.3) is 0 Å². The second kappa shape index (κ2) is 66.3. The van der Waals surface area contributed by atoms with Gasteiger partial charge in [0.2, 0.25) is 0 Å². The first-order valence-electron chi connectivity index (χ1n) is 33.0. The Morgan fingerprint density at radius 2 is 0.506 bits per heavy atom. The van der Waals surface area contributed by atoms with E-state index in [2.05, 4.69) is 142 Å². The predicted molar refractivity (Wildman–Crippen MR) is 343 cm³/mol. The Bertz CT molecular complexity index is 1640. The minimum absolute atomic E-state index is 0.102. The fourth-order valence-electron chi connectivity index (χ4n) is 9.10. The SMILES string of the molecule is CC/C=C\C/C=C\C/C=C\C/C=C\C/C=C\CCCCCCCCCC(=O)OCC(COC(=O)CCC/C=C\C/C=C\C/C=C\C/C=C\C/C=C\CC)OC(=O)CCCCCCCCCCCCCCCCCCCCCCC. The third-order valence-corrected chi connectivity index (χ3v) is 14.0. The van der Waals surface area contributed by atoms with Crippen molar-refractivity contribution >= 4 is 17.9 Å². The molecule has 0 N–H and O–H groups in total. The largest absolute Gasteiger partial charge is 0.462 e. The molecule has 0 aromatic carbocycles. The van der Waals surface area contributed by atoms with Crippen molar-refractivity contribution in [3.05, 3.63) is 122 Å². The van der Waals surface area contributed by atoms with Gasteiger partial charge in [-0.15, -0.1) is 0 Å². The molecule has 1 atom stereocenters. The summed E-state index contributed by atoms with van der Waals surface area (Å²) >= 11 is 0. The molecule has 450 valence electrons. The zero-order valence-electron chi connectivity index (χ0n) is 51.6. The van der Waals surface area contributed by atoms with E-state index in [9.17, 15) is 14.4 Å². The number of unbranched alkanes of at least 4 members (excludes halogenated alkanes) is 28. The van der Waals surface area contributed by atoms with Crippen LogP contribution in [0.15, 0.2) is 122 Å².